The number of nitrogens with zero attached hydrogens (tertiary/aromatic N) is 19. The number of nitrogens with one attached hydrogen (secondary N) is 10. The first-order valence-corrected chi connectivity index (χ1v) is 47.4. The number of anilines is 8. The Bertz CT molecular complexity index is 7840. The average Bonchev–Trinajstić information content (AvgIpc) is 1.49. The van der Waals surface area contributed by atoms with Crippen molar-refractivity contribution in [2.24, 2.45) is 0 Å². The number of ether oxygens (including phenoxy) is 4. The summed E-state index contributed by atoms with van der Waals surface area (Å²) in [7, 11) is 2.14. The summed E-state index contributed by atoms with van der Waals surface area (Å²) >= 11 is 0. The van der Waals surface area contributed by atoms with Crippen molar-refractivity contribution in [3.8, 4) is 52.2 Å². The number of piperazine rings is 1. The van der Waals surface area contributed by atoms with Gasteiger partial charge >= 0.3 is 6.18 Å². The van der Waals surface area contributed by atoms with Gasteiger partial charge in [-0.1, -0.05) is 12.1 Å². The molecule has 10 N–H and O–H groups in total. The number of aromatic nitrogens is 19. The molecule has 12 aromatic heterocycles. The van der Waals surface area contributed by atoms with Gasteiger partial charge in [0.05, 0.1) is 23.3 Å². The highest BCUT2D eigenvalue weighted by molar-refractivity contribution is 6.05. The van der Waals surface area contributed by atoms with Crippen LogP contribution in [0.4, 0.5) is 77.1 Å². The second kappa shape index (κ2) is 41.0. The highest BCUT2D eigenvalue weighted by Gasteiger charge is 2.38. The van der Waals surface area contributed by atoms with Gasteiger partial charge in [0, 0.05) is 199 Å². The number of carbonyl (C=O) groups excluding carboxylic acids is 4. The lowest BCUT2D eigenvalue weighted by molar-refractivity contribution is -0.137. The molecule has 1 aliphatic carbocycles. The van der Waals surface area contributed by atoms with Crippen LogP contribution in [-0.4, -0.2) is 233 Å². The standard InChI is InChI=1S/C28H23F4N7O2.C28H31FN8O2.2C23H22FN7O2/c1-15-8-20-21(36-15)4-5-22(24(20)29)41-26-23(27(40)38-6-3-7-38)25(33-13-34-26)37-18-9-17(28(30,31)32)10-19(11-18)39-12-16(2)35-14-39;1-18-14-20-21(33-18)5-6-22(25(20)29)39-27-24(28(38)37-8-3-9-37)26(31-17-32-27)34-23-7-4-19(15-30-23)16-36-12-10-35(2)11-13-36;1-12-9-14-15(27-12)5-6-17(20(14)24)33-22-19(23(32)31-7-2-8-31)21(25-11-26-22)28-18-10-16(29-30-18)13-3-4-13;1-3-5-14-11-18(30-29-14)28-21-19(23(32)31-8-4-9-31)22(26-12-25-21)33-17-7-6-16-15(20(17)24)10-13(2)27-16/h4-5,8-14,36H,3,6-7H2,1-2H3,(H,33,34,37);4-7,14-15,17,33H,3,8-13,16H2,1-2H3,(H,30,31,32,34);5-6,9-11,13,27H,2-4,7-8H2,1H3,(H2,25,26,28,29,30);3,5-7,10-12,27H,4,8-9H2,1-2H3,(H2,25,26,28,29,30)/b;;;5-3+. The maximum absolute atomic E-state index is 15.3. The highest BCUT2D eigenvalue weighted by Crippen LogP contribution is 2.45. The summed E-state index contributed by atoms with van der Waals surface area (Å²) in [6.45, 7) is 20.7. The van der Waals surface area contributed by atoms with Crippen molar-refractivity contribution in [2.75, 3.05) is 107 Å². The van der Waals surface area contributed by atoms with Gasteiger partial charge in [-0.2, -0.15) is 23.4 Å². The maximum atomic E-state index is 15.3. The molecule has 5 saturated heterocycles. The topological polar surface area (TPSA) is 427 Å². The predicted molar refractivity (Wildman–Crippen MR) is 530 cm³/mol. The second-order valence-electron chi connectivity index (χ2n) is 36.3. The molecule has 5 aromatic carbocycles. The number of amides is 4. The smallest absolute Gasteiger partial charge is 0.416 e. The molecule has 0 spiro atoms. The van der Waals surface area contributed by atoms with E-state index in [1.54, 1.807) is 89.3 Å². The Hall–Kier alpha value is -17.2. The predicted octanol–water partition coefficient (Wildman–Crippen LogP) is 19.2. The van der Waals surface area contributed by atoms with Crippen molar-refractivity contribution in [3.05, 3.63) is 262 Å². The minimum absolute atomic E-state index is 0.00661. The van der Waals surface area contributed by atoms with E-state index in [-0.39, 0.29) is 121 Å². The normalized spacial score (nSPS) is 14.7. The number of halogens is 7. The molecular formula is C102H98F7N29O8. The van der Waals surface area contributed by atoms with Gasteiger partial charge in [0.25, 0.3) is 23.6 Å². The SMILES string of the molecule is C/C=C/c1cc(Nc2ncnc(Oc3ccc4[nH]c(C)cc4c3F)c2C(=O)N2CCC2)n[nH]1.Cc1cc2c(F)c(Oc3ncnc(Nc4cc(C5CC5)[nH]n4)c3C(=O)N3CCC3)ccc2[nH]1.Cc1cc2c(F)c(Oc3ncnc(Nc4ccc(CN5CCN(C)CC5)cn4)c3C(=O)N3CCC3)ccc2[nH]1.Cc1cn(-c2cc(Nc3ncnc(Oc4ccc5[nH]c(C)cc5c4F)c3C(=O)N3CCC3)cc(C(F)(F)F)c2)cn1. The number of hydrogen-bond donors (Lipinski definition) is 10. The number of fused-ring (bicyclic) bond motifs is 4. The summed E-state index contributed by atoms with van der Waals surface area (Å²) in [5.41, 5.74) is 8.99. The molecule has 0 radical (unpaired) electrons. The molecule has 0 unspecified atom stereocenters. The molecule has 6 aliphatic rings. The van der Waals surface area contributed by atoms with E-state index in [0.717, 1.165) is 129 Å². The van der Waals surface area contributed by atoms with Crippen LogP contribution in [-0.2, 0) is 12.7 Å². The number of hydrogen-bond acceptors (Lipinski definition) is 26. The molecule has 6 fully saturated rings. The number of pyridine rings is 1. The summed E-state index contributed by atoms with van der Waals surface area (Å²) in [4.78, 5) is 119. The van der Waals surface area contributed by atoms with Crippen molar-refractivity contribution in [2.45, 2.75) is 98.7 Å². The Labute approximate surface area is 828 Å². The highest BCUT2D eigenvalue weighted by atomic mass is 19.4. The van der Waals surface area contributed by atoms with Crippen molar-refractivity contribution in [3.63, 3.8) is 0 Å². The van der Waals surface area contributed by atoms with Crippen molar-refractivity contribution in [1.29, 1.82) is 0 Å². The van der Waals surface area contributed by atoms with Crippen LogP contribution in [0.3, 0.4) is 0 Å². The minimum Gasteiger partial charge on any atom is -0.435 e. The Kier molecular flexibility index (Phi) is 27.1. The third-order valence-corrected chi connectivity index (χ3v) is 25.5. The number of H-pyrrole nitrogens is 6. The first-order valence-electron chi connectivity index (χ1n) is 47.4. The van der Waals surface area contributed by atoms with Gasteiger partial charge < -0.3 is 89.2 Å². The van der Waals surface area contributed by atoms with Gasteiger partial charge in [-0.15, -0.1) is 0 Å². The minimum atomic E-state index is -4.65. The Morgan fingerprint density at radius 2 is 0.822 bits per heavy atom. The van der Waals surface area contributed by atoms with E-state index >= 15 is 17.6 Å². The van der Waals surface area contributed by atoms with Crippen molar-refractivity contribution >= 4 is 120 Å². The van der Waals surface area contributed by atoms with E-state index in [0.29, 0.717) is 125 Å². The zero-order valence-electron chi connectivity index (χ0n) is 80.1. The molecule has 5 aliphatic heterocycles. The molecular weight excluding hydrogens is 1890 g/mol. The van der Waals surface area contributed by atoms with Crippen molar-refractivity contribution < 1.29 is 68.9 Å². The number of aromatic amines is 6. The maximum Gasteiger partial charge on any atom is 0.416 e. The molecule has 0 bridgehead atoms. The van der Waals surface area contributed by atoms with E-state index in [9.17, 15) is 32.3 Å². The number of benzene rings is 5. The fraction of sp³-hybridized carbons (Fsp3) is 0.275. The van der Waals surface area contributed by atoms with Gasteiger partial charge in [-0.05, 0) is 196 Å². The van der Waals surface area contributed by atoms with E-state index in [2.05, 4.69) is 128 Å². The van der Waals surface area contributed by atoms with E-state index < -0.39 is 40.9 Å². The molecule has 0 atom stereocenters. The average molecular weight is 1990 g/mol. The van der Waals surface area contributed by atoms with Crippen LogP contribution in [0.5, 0.6) is 46.5 Å². The van der Waals surface area contributed by atoms with Crippen LogP contribution < -0.4 is 40.2 Å². The molecule has 146 heavy (non-hydrogen) atoms. The number of likely N-dealkylation sites (tertiary alicyclic amines) is 4. The lowest BCUT2D eigenvalue weighted by Crippen LogP contribution is -2.43. The molecule has 4 amide bonds. The van der Waals surface area contributed by atoms with Crippen LogP contribution in [0.1, 0.15) is 144 Å². The third kappa shape index (κ3) is 20.9. The largest absolute Gasteiger partial charge is 0.435 e. The van der Waals surface area contributed by atoms with Gasteiger partial charge in [0.2, 0.25) is 23.5 Å². The summed E-state index contributed by atoms with van der Waals surface area (Å²) in [5.74, 6) is -1.32. The fourth-order valence-corrected chi connectivity index (χ4v) is 17.1. The Morgan fingerprint density at radius 3 is 1.18 bits per heavy atom. The molecule has 17 aromatic rings. The van der Waals surface area contributed by atoms with Crippen LogP contribution in [0.15, 0.2) is 165 Å². The summed E-state index contributed by atoms with van der Waals surface area (Å²) in [5, 5.41) is 28.1. The van der Waals surface area contributed by atoms with Crippen LogP contribution >= 0.6 is 0 Å². The number of rotatable bonds is 25. The molecule has 748 valence electrons. The zero-order chi connectivity index (χ0) is 101. The zero-order valence-corrected chi connectivity index (χ0v) is 80.1. The van der Waals surface area contributed by atoms with Crippen LogP contribution in [0.25, 0.3) is 55.4 Å². The molecule has 23 rings (SSSR count). The number of likely N-dealkylation sites (N-methyl/N-ethyl adjacent to an activating group) is 1. The number of alkyl halides is 3. The number of aryl methyl sites for hydroxylation is 5. The first-order chi connectivity index (χ1) is 70.6. The Balaban J connectivity index is 0.000000119. The van der Waals surface area contributed by atoms with Gasteiger partial charge in [-0.25, -0.2) is 67.4 Å². The summed E-state index contributed by atoms with van der Waals surface area (Å²) < 4.78 is 127. The van der Waals surface area contributed by atoms with Gasteiger partial charge in [0.15, 0.2) is 81.2 Å². The van der Waals surface area contributed by atoms with Crippen LogP contribution in [0, 0.1) is 57.9 Å². The van der Waals surface area contributed by atoms with Crippen LogP contribution in [0.2, 0.25) is 0 Å². The molecule has 37 nitrogen and oxygen atoms in total. The summed E-state index contributed by atoms with van der Waals surface area (Å²) in [6.07, 6.45) is 14.7. The second-order valence-corrected chi connectivity index (χ2v) is 36.3. The van der Waals surface area contributed by atoms with Crippen molar-refractivity contribution in [1.82, 2.24) is 124 Å². The first kappa shape index (κ1) is 96.3. The monoisotopic (exact) mass is 1990 g/mol. The Morgan fingerprint density at radius 1 is 0.432 bits per heavy atom. The quantitative estimate of drug-likeness (QED) is 0.0238. The summed E-state index contributed by atoms with van der Waals surface area (Å²) in [6, 6.07) is 30.5. The number of allylic oxidation sites excluding steroid dienone is 1. The third-order valence-electron chi connectivity index (χ3n) is 25.5. The molecule has 17 heterocycles. The lowest BCUT2D eigenvalue weighted by Gasteiger charge is -2.32. The van der Waals surface area contributed by atoms with E-state index in [4.69, 9.17) is 18.9 Å². The van der Waals surface area contributed by atoms with Gasteiger partial charge in [0.1, 0.15) is 53.4 Å². The van der Waals surface area contributed by atoms with Gasteiger partial charge in [-0.3, -0.25) is 34.3 Å². The van der Waals surface area contributed by atoms with E-state index in [1.165, 1.54) is 65.1 Å². The lowest BCUT2D eigenvalue weighted by atomic mass is 10.1. The number of carbonyl (C=O) groups is 4. The van der Waals surface area contributed by atoms with E-state index in [1.807, 2.05) is 64.2 Å². The fourth-order valence-electron chi connectivity index (χ4n) is 17.1. The number of imidazole rings is 1. The molecule has 44 heteroatoms. The molecule has 1 saturated carbocycles.